The zero-order chi connectivity index (χ0) is 67.5. The van der Waals surface area contributed by atoms with Gasteiger partial charge in [-0.1, -0.05) is 65.1 Å². The molecule has 17 N–H and O–H groups in total. The van der Waals surface area contributed by atoms with Gasteiger partial charge >= 0.3 is 0 Å². The molecule has 7 amide bonds. The Morgan fingerprint density at radius 2 is 1.41 bits per heavy atom. The molecule has 93 heavy (non-hydrogen) atoms. The number of β-amino-alcohol motifs (C(OH)–C–C–N with tert-alkyl or cyclic N) is 1. The minimum absolute atomic E-state index is 0.0113. The number of phenolic OH excluding ortho intramolecular Hbond substituents is 1. The Morgan fingerprint density at radius 1 is 0.774 bits per heavy atom. The summed E-state index contributed by atoms with van der Waals surface area (Å²) in [6.07, 6.45) is -7.41. The van der Waals surface area contributed by atoms with E-state index in [4.69, 9.17) is 30.4 Å². The van der Waals surface area contributed by atoms with Crippen LogP contribution in [-0.4, -0.2) is 228 Å². The van der Waals surface area contributed by atoms with Crippen LogP contribution < -0.4 is 47.0 Å². The molecule has 3 aliphatic rings. The number of hydrogen-bond donors (Lipinski definition) is 15. The fraction of sp³-hybridized carbons (Fsp3) is 0.525. The third kappa shape index (κ3) is 20.1. The minimum atomic E-state index is -2.15. The number of rotatable bonds is 25. The largest absolute Gasteiger partial charge is 0.504 e. The van der Waals surface area contributed by atoms with Gasteiger partial charge in [-0.15, -0.1) is 10.2 Å². The quantitative estimate of drug-likeness (QED) is 0.00899. The third-order valence-electron chi connectivity index (χ3n) is 15.8. The van der Waals surface area contributed by atoms with Crippen molar-refractivity contribution in [3.8, 4) is 38.4 Å². The lowest BCUT2D eigenvalue weighted by atomic mass is 9.98. The maximum atomic E-state index is 14.9. The van der Waals surface area contributed by atoms with Crippen LogP contribution in [0.5, 0.6) is 17.2 Å². The maximum Gasteiger partial charge on any atom is 0.261 e. The number of fused-ring (bicyclic) bond motifs is 2. The average molecular weight is 1340 g/mol. The van der Waals surface area contributed by atoms with Crippen LogP contribution in [-0.2, 0) is 49.3 Å². The lowest BCUT2D eigenvalue weighted by Crippen LogP contribution is -2.64. The predicted molar refractivity (Wildman–Crippen MR) is 333 cm³/mol. The summed E-state index contributed by atoms with van der Waals surface area (Å²) in [4.78, 5) is 107. The molecule has 3 aliphatic heterocycles. The number of nitrogens with two attached hydrogens (primary N) is 2. The van der Waals surface area contributed by atoms with E-state index in [1.807, 2.05) is 24.3 Å². The first-order valence-electron chi connectivity index (χ1n) is 30.0. The number of ether oxygens (including phenoxy) is 2. The SMILES string of the molecule is COCCCCCCCOc1ccc(-c2nnc(-c3ccc(C(=O)N[C@H]4C[C@H](O)CNC(=O)[C@@H]5[C@@H](O)[C@H](C)CN5C(=O)[C@H]([C@H](O)CCN=C(N)N)NC(=O)[C@H]([C@H](O)Cc5ccc(O)c(OSOOO)c5)NC(=O)[C@@H]5C[C@H](O)CN5C(=O)[C@H]([C@H](C)O)NC4=O)cc3)s2)cc1. The van der Waals surface area contributed by atoms with Gasteiger partial charge in [0.2, 0.25) is 35.4 Å². The standard InChI is InChI=1S/C59H80N12O20S2/c1-30-28-71-48(49(30)78)54(83)63-27-36(73)25-39(64-50(79)33-10-12-34(13-11-33)55-68-69-56(92-55)35-14-16-38(17-15-35)88-22-8-6-4-5-7-21-87-3)51(80)65-45(31(2)72)57(84)70-29-37(74)26-40(70)52(81)66-46(53(82)67-47(58(71)85)42(76)19-20-62-59(60)61)43(77)23-32-9-18-41(75)44(24-32)89-93-91-90-86/h9-18,24,30-31,36-37,39-40,42-43,45-49,72-78,86H,4-8,19-23,25-29H2,1-3H3,(H,63,83)(H,64,79)(H,65,80)(H,66,81)(H,67,82)(H4,60,61,62)/t30-,31+,36+,37+,39+,40+,42-,43-,45+,46+,47+,48+,49+/m1/s1. The van der Waals surface area contributed by atoms with Crippen LogP contribution in [0.3, 0.4) is 0 Å². The van der Waals surface area contributed by atoms with Crippen molar-refractivity contribution >= 4 is 71.0 Å². The molecule has 508 valence electrons. The van der Waals surface area contributed by atoms with Crippen molar-refractivity contribution in [2.24, 2.45) is 22.4 Å². The zero-order valence-electron chi connectivity index (χ0n) is 51.1. The van der Waals surface area contributed by atoms with Gasteiger partial charge in [-0.05, 0) is 80.3 Å². The first kappa shape index (κ1) is 72.6. The van der Waals surface area contributed by atoms with Gasteiger partial charge in [-0.2, -0.15) is 0 Å². The second-order valence-electron chi connectivity index (χ2n) is 22.8. The number of aromatic nitrogens is 2. The molecule has 0 saturated carbocycles. The first-order chi connectivity index (χ1) is 44.5. The Labute approximate surface area is 542 Å². The molecule has 0 unspecified atom stereocenters. The van der Waals surface area contributed by atoms with E-state index in [1.165, 1.54) is 42.5 Å². The number of nitrogens with one attached hydrogen (secondary N) is 5. The first-order valence-corrected chi connectivity index (χ1v) is 31.5. The lowest BCUT2D eigenvalue weighted by Gasteiger charge is -2.34. The van der Waals surface area contributed by atoms with Gasteiger partial charge in [0.25, 0.3) is 18.2 Å². The highest BCUT2D eigenvalue weighted by molar-refractivity contribution is 7.90. The predicted octanol–water partition coefficient (Wildman–Crippen LogP) is -1.47. The molecule has 13 atom stereocenters. The highest BCUT2D eigenvalue weighted by atomic mass is 32.2. The summed E-state index contributed by atoms with van der Waals surface area (Å²) in [7, 11) is 1.69. The van der Waals surface area contributed by atoms with Gasteiger partial charge in [0, 0.05) is 81.8 Å². The fourth-order valence-electron chi connectivity index (χ4n) is 10.8. The number of guanidine groups is 1. The number of phenols is 1. The summed E-state index contributed by atoms with van der Waals surface area (Å²) in [6, 6.07) is 5.73. The molecule has 0 bridgehead atoms. The van der Waals surface area contributed by atoms with Crippen LogP contribution in [0.2, 0.25) is 0 Å². The van der Waals surface area contributed by atoms with Crippen LogP contribution in [0.1, 0.15) is 81.1 Å². The molecule has 4 heterocycles. The number of carbonyl (C=O) groups is 7. The van der Waals surface area contributed by atoms with Gasteiger partial charge in [0.15, 0.2) is 17.5 Å². The maximum absolute atomic E-state index is 14.9. The number of aromatic hydroxyl groups is 1. The van der Waals surface area contributed by atoms with Crippen molar-refractivity contribution in [3.63, 3.8) is 0 Å². The van der Waals surface area contributed by atoms with Crippen molar-refractivity contribution in [2.45, 2.75) is 145 Å². The summed E-state index contributed by atoms with van der Waals surface area (Å²) in [5.74, 6) is -9.25. The summed E-state index contributed by atoms with van der Waals surface area (Å²) in [6.45, 7) is 2.02. The molecule has 3 aromatic carbocycles. The minimum Gasteiger partial charge on any atom is -0.504 e. The van der Waals surface area contributed by atoms with E-state index in [2.05, 4.69) is 51.1 Å². The van der Waals surface area contributed by atoms with Crippen LogP contribution in [0.4, 0.5) is 0 Å². The number of carbonyl (C=O) groups excluding carboxylic acids is 7. The van der Waals surface area contributed by atoms with E-state index in [9.17, 15) is 69.3 Å². The second kappa shape index (κ2) is 34.9. The van der Waals surface area contributed by atoms with Crippen LogP contribution in [0.15, 0.2) is 71.7 Å². The molecule has 34 heteroatoms. The number of methoxy groups -OCH3 is 1. The zero-order valence-corrected chi connectivity index (χ0v) is 52.8. The number of nitrogens with zero attached hydrogens (tertiary/aromatic N) is 5. The summed E-state index contributed by atoms with van der Waals surface area (Å²) in [5.41, 5.74) is 12.5. The van der Waals surface area contributed by atoms with Crippen LogP contribution in [0.25, 0.3) is 21.1 Å². The Bertz CT molecular complexity index is 3200. The highest BCUT2D eigenvalue weighted by Gasteiger charge is 2.50. The number of unbranched alkanes of at least 4 members (excludes halogenated alkanes) is 4. The Hall–Kier alpha value is -7.87. The second-order valence-corrected chi connectivity index (χ2v) is 24.2. The molecule has 4 aromatic rings. The molecule has 0 spiro atoms. The van der Waals surface area contributed by atoms with E-state index in [0.717, 1.165) is 67.1 Å². The Balaban J connectivity index is 1.16. The van der Waals surface area contributed by atoms with Gasteiger partial charge in [0.1, 0.15) is 52.0 Å². The van der Waals surface area contributed by atoms with E-state index in [1.54, 1.807) is 19.2 Å². The Morgan fingerprint density at radius 3 is 2.06 bits per heavy atom. The molecule has 32 nitrogen and oxygen atoms in total. The fourth-order valence-corrected chi connectivity index (χ4v) is 11.9. The van der Waals surface area contributed by atoms with Crippen LogP contribution in [0, 0.1) is 5.92 Å². The topological polar surface area (TPSA) is 484 Å². The van der Waals surface area contributed by atoms with Crippen LogP contribution >= 0.6 is 23.7 Å². The third-order valence-corrected chi connectivity index (χ3v) is 17.2. The van der Waals surface area contributed by atoms with E-state index in [0.29, 0.717) is 27.9 Å². The number of aliphatic hydroxyl groups excluding tert-OH is 6. The van der Waals surface area contributed by atoms with Crippen molar-refractivity contribution in [1.82, 2.24) is 46.6 Å². The van der Waals surface area contributed by atoms with E-state index < -0.39 is 171 Å². The molecule has 1 aromatic heterocycles. The molecule has 3 saturated heterocycles. The van der Waals surface area contributed by atoms with Gasteiger partial charge in [-0.25, -0.2) is 5.26 Å². The molecule has 0 aliphatic carbocycles. The lowest BCUT2D eigenvalue weighted by molar-refractivity contribution is -0.433. The molecule has 0 radical (unpaired) electrons. The highest BCUT2D eigenvalue weighted by Crippen LogP contribution is 2.33. The number of aliphatic hydroxyl groups is 6. The van der Waals surface area contributed by atoms with Crippen molar-refractivity contribution in [2.75, 3.05) is 46.5 Å². The summed E-state index contributed by atoms with van der Waals surface area (Å²) < 4.78 is 20.4. The molecular formula is C59H80N12O20S2. The molecule has 7 rings (SSSR count). The Kier molecular flexibility index (Phi) is 27.2. The molecule has 3 fully saturated rings. The van der Waals surface area contributed by atoms with Gasteiger partial charge < -0.3 is 97.3 Å². The number of benzene rings is 3. The monoisotopic (exact) mass is 1340 g/mol. The summed E-state index contributed by atoms with van der Waals surface area (Å²) >= 11 is 1.36. The van der Waals surface area contributed by atoms with Crippen molar-refractivity contribution in [3.05, 3.63) is 77.9 Å². The molecular weight excluding hydrogens is 1260 g/mol. The van der Waals surface area contributed by atoms with Gasteiger partial charge in [0.05, 0.1) is 43.2 Å². The van der Waals surface area contributed by atoms with E-state index >= 15 is 0 Å². The average Bonchev–Trinajstić information content (AvgIpc) is 1.70. The normalized spacial score (nSPS) is 24.5. The van der Waals surface area contributed by atoms with E-state index in [-0.39, 0.29) is 42.3 Å². The number of hydrogen-bond acceptors (Lipinski definition) is 25. The van der Waals surface area contributed by atoms with Crippen molar-refractivity contribution in [1.29, 1.82) is 0 Å². The van der Waals surface area contributed by atoms with Gasteiger partial charge in [-0.3, -0.25) is 38.6 Å². The van der Waals surface area contributed by atoms with Crippen molar-refractivity contribution < 1.29 is 97.6 Å². The summed E-state index contributed by atoms with van der Waals surface area (Å²) in [5, 5.41) is 113. The number of aliphatic imine (C=N–C) groups is 1. The smallest absolute Gasteiger partial charge is 0.261 e. The number of amides is 7.